The highest BCUT2D eigenvalue weighted by Crippen LogP contribution is 2.19. The Labute approximate surface area is 169 Å². The van der Waals surface area contributed by atoms with Crippen LogP contribution >= 0.6 is 0 Å². The number of aryl methyl sites for hydroxylation is 2. The van der Waals surface area contributed by atoms with Crippen molar-refractivity contribution in [1.29, 1.82) is 0 Å². The Morgan fingerprint density at radius 2 is 1.83 bits per heavy atom. The molecule has 0 unspecified atom stereocenters. The van der Waals surface area contributed by atoms with Gasteiger partial charge in [-0.1, -0.05) is 18.2 Å². The average molecular weight is 394 g/mol. The predicted octanol–water partition coefficient (Wildman–Crippen LogP) is 1.41. The van der Waals surface area contributed by atoms with Crippen molar-refractivity contribution in [1.82, 2.24) is 29.8 Å². The molecular weight excluding hydrogens is 368 g/mol. The fourth-order valence-electron chi connectivity index (χ4n) is 3.89. The minimum atomic E-state index is -0.292. The van der Waals surface area contributed by atoms with Crippen molar-refractivity contribution in [2.75, 3.05) is 26.2 Å². The summed E-state index contributed by atoms with van der Waals surface area (Å²) >= 11 is 0. The SMILES string of the molecule is Cc1nn(CC(=O)NCCN2CCCC2)c(=O)c2c(C)n(-c3ccccc3)nc12. The van der Waals surface area contributed by atoms with Crippen LogP contribution in [0.3, 0.4) is 0 Å². The van der Waals surface area contributed by atoms with Crippen molar-refractivity contribution >= 4 is 16.8 Å². The number of hydrogen-bond acceptors (Lipinski definition) is 5. The first-order chi connectivity index (χ1) is 14.0. The Bertz CT molecular complexity index is 1080. The number of benzene rings is 1. The molecule has 152 valence electrons. The van der Waals surface area contributed by atoms with E-state index in [9.17, 15) is 9.59 Å². The summed E-state index contributed by atoms with van der Waals surface area (Å²) in [7, 11) is 0. The summed E-state index contributed by atoms with van der Waals surface area (Å²) in [6.45, 7) is 7.20. The highest BCUT2D eigenvalue weighted by atomic mass is 16.2. The number of carbonyl (C=O) groups is 1. The van der Waals surface area contributed by atoms with Crippen LogP contribution in [0.15, 0.2) is 35.1 Å². The third-order valence-corrected chi connectivity index (χ3v) is 5.42. The minimum absolute atomic E-state index is 0.0917. The molecule has 1 N–H and O–H groups in total. The van der Waals surface area contributed by atoms with E-state index in [1.807, 2.05) is 44.2 Å². The molecule has 3 heterocycles. The molecule has 0 spiro atoms. The second-order valence-electron chi connectivity index (χ2n) is 7.50. The molecule has 0 atom stereocenters. The number of nitrogens with zero attached hydrogens (tertiary/aromatic N) is 5. The molecule has 1 saturated heterocycles. The van der Waals surface area contributed by atoms with Crippen LogP contribution in [0, 0.1) is 13.8 Å². The minimum Gasteiger partial charge on any atom is -0.353 e. The zero-order valence-electron chi connectivity index (χ0n) is 16.9. The highest BCUT2D eigenvalue weighted by Gasteiger charge is 2.19. The Kier molecular flexibility index (Phi) is 5.44. The molecule has 29 heavy (non-hydrogen) atoms. The van der Waals surface area contributed by atoms with Crippen molar-refractivity contribution in [2.24, 2.45) is 0 Å². The zero-order chi connectivity index (χ0) is 20.4. The molecule has 3 aromatic rings. The maximum Gasteiger partial charge on any atom is 0.278 e. The summed E-state index contributed by atoms with van der Waals surface area (Å²) in [6, 6.07) is 9.67. The van der Waals surface area contributed by atoms with Gasteiger partial charge in [0.2, 0.25) is 5.91 Å². The van der Waals surface area contributed by atoms with Crippen LogP contribution in [-0.4, -0.2) is 56.5 Å². The monoisotopic (exact) mass is 394 g/mol. The van der Waals surface area contributed by atoms with Gasteiger partial charge in [-0.25, -0.2) is 9.36 Å². The lowest BCUT2D eigenvalue weighted by atomic mass is 10.2. The number of rotatable bonds is 6. The van der Waals surface area contributed by atoms with Gasteiger partial charge in [0, 0.05) is 13.1 Å². The molecule has 0 radical (unpaired) electrons. The van der Waals surface area contributed by atoms with Gasteiger partial charge in [0.05, 0.1) is 22.5 Å². The van der Waals surface area contributed by atoms with Gasteiger partial charge in [-0.15, -0.1) is 0 Å². The molecule has 1 aliphatic rings. The largest absolute Gasteiger partial charge is 0.353 e. The third-order valence-electron chi connectivity index (χ3n) is 5.42. The number of nitrogens with one attached hydrogen (secondary N) is 1. The molecule has 1 aromatic carbocycles. The summed E-state index contributed by atoms with van der Waals surface area (Å²) in [5, 5.41) is 12.3. The van der Waals surface area contributed by atoms with E-state index in [0.29, 0.717) is 23.1 Å². The topological polar surface area (TPSA) is 85.0 Å². The van der Waals surface area contributed by atoms with Gasteiger partial charge in [0.25, 0.3) is 5.56 Å². The van der Waals surface area contributed by atoms with Gasteiger partial charge < -0.3 is 10.2 Å². The molecule has 1 amide bonds. The van der Waals surface area contributed by atoms with Crippen molar-refractivity contribution in [3.05, 3.63) is 52.1 Å². The fraction of sp³-hybridized carbons (Fsp3) is 0.429. The van der Waals surface area contributed by atoms with Crippen LogP contribution in [0.4, 0.5) is 0 Å². The van der Waals surface area contributed by atoms with E-state index in [0.717, 1.165) is 31.0 Å². The van der Waals surface area contributed by atoms with Crippen LogP contribution in [0.5, 0.6) is 0 Å². The molecule has 2 aromatic heterocycles. The molecule has 1 fully saturated rings. The lowest BCUT2D eigenvalue weighted by Gasteiger charge is -2.14. The fourth-order valence-corrected chi connectivity index (χ4v) is 3.89. The van der Waals surface area contributed by atoms with E-state index in [4.69, 9.17) is 0 Å². The van der Waals surface area contributed by atoms with Crippen molar-refractivity contribution in [2.45, 2.75) is 33.2 Å². The lowest BCUT2D eigenvalue weighted by Crippen LogP contribution is -2.38. The Balaban J connectivity index is 1.56. The maximum atomic E-state index is 13.0. The first-order valence-electron chi connectivity index (χ1n) is 10.1. The molecule has 1 aliphatic heterocycles. The van der Waals surface area contributed by atoms with Crippen molar-refractivity contribution < 1.29 is 4.79 Å². The summed E-state index contributed by atoms with van der Waals surface area (Å²) in [5.41, 5.74) is 2.53. The van der Waals surface area contributed by atoms with Crippen molar-refractivity contribution in [3.63, 3.8) is 0 Å². The number of para-hydroxylation sites is 1. The number of likely N-dealkylation sites (tertiary alicyclic amines) is 1. The smallest absolute Gasteiger partial charge is 0.278 e. The van der Waals surface area contributed by atoms with Crippen LogP contribution in [-0.2, 0) is 11.3 Å². The van der Waals surface area contributed by atoms with Crippen LogP contribution in [0.25, 0.3) is 16.6 Å². The molecule has 0 bridgehead atoms. The van der Waals surface area contributed by atoms with Gasteiger partial charge in [-0.2, -0.15) is 10.2 Å². The Hall–Kier alpha value is -3.00. The van der Waals surface area contributed by atoms with E-state index in [-0.39, 0.29) is 18.0 Å². The number of fused-ring (bicyclic) bond motifs is 1. The van der Waals surface area contributed by atoms with Crippen molar-refractivity contribution in [3.8, 4) is 5.69 Å². The van der Waals surface area contributed by atoms with E-state index in [1.54, 1.807) is 4.68 Å². The molecule has 8 nitrogen and oxygen atoms in total. The normalized spacial score (nSPS) is 14.6. The average Bonchev–Trinajstić information content (AvgIpc) is 3.35. The molecular formula is C21H26N6O2. The lowest BCUT2D eigenvalue weighted by molar-refractivity contribution is -0.121. The number of hydrogen-bond donors (Lipinski definition) is 1. The quantitative estimate of drug-likeness (QED) is 0.683. The van der Waals surface area contributed by atoms with Gasteiger partial charge >= 0.3 is 0 Å². The van der Waals surface area contributed by atoms with Gasteiger partial charge in [-0.05, 0) is 51.9 Å². The summed E-state index contributed by atoms with van der Waals surface area (Å²) < 4.78 is 2.99. The predicted molar refractivity (Wildman–Crippen MR) is 111 cm³/mol. The van der Waals surface area contributed by atoms with Gasteiger partial charge in [0.15, 0.2) is 0 Å². The molecule has 0 saturated carbocycles. The standard InChI is InChI=1S/C21H26N6O2/c1-15-20-19(16(2)27(24-20)17-8-4-3-5-9-17)21(29)26(23-15)14-18(28)22-10-13-25-11-6-7-12-25/h3-5,8-9H,6-7,10-14H2,1-2H3,(H,22,28). The molecule has 4 rings (SSSR count). The van der Waals surface area contributed by atoms with Crippen LogP contribution in [0.1, 0.15) is 24.2 Å². The first kappa shape index (κ1) is 19.3. The van der Waals surface area contributed by atoms with Gasteiger partial charge in [-0.3, -0.25) is 9.59 Å². The Morgan fingerprint density at radius 3 is 2.55 bits per heavy atom. The van der Waals surface area contributed by atoms with E-state index in [1.165, 1.54) is 17.5 Å². The number of amides is 1. The van der Waals surface area contributed by atoms with E-state index in [2.05, 4.69) is 20.4 Å². The first-order valence-corrected chi connectivity index (χ1v) is 10.1. The van der Waals surface area contributed by atoms with E-state index < -0.39 is 0 Å². The van der Waals surface area contributed by atoms with Crippen LogP contribution in [0.2, 0.25) is 0 Å². The summed E-state index contributed by atoms with van der Waals surface area (Å²) in [6.07, 6.45) is 2.45. The van der Waals surface area contributed by atoms with E-state index >= 15 is 0 Å². The molecule has 8 heteroatoms. The van der Waals surface area contributed by atoms with Gasteiger partial charge in [0.1, 0.15) is 12.1 Å². The second kappa shape index (κ2) is 8.16. The Morgan fingerprint density at radius 1 is 1.10 bits per heavy atom. The highest BCUT2D eigenvalue weighted by molar-refractivity contribution is 5.83. The maximum absolute atomic E-state index is 13.0. The summed E-state index contributed by atoms with van der Waals surface area (Å²) in [4.78, 5) is 27.7. The van der Waals surface area contributed by atoms with Crippen LogP contribution < -0.4 is 10.9 Å². The summed E-state index contributed by atoms with van der Waals surface area (Å²) in [5.74, 6) is -0.203. The third kappa shape index (κ3) is 3.93. The zero-order valence-corrected chi connectivity index (χ0v) is 16.9. The number of aromatic nitrogens is 4. The number of carbonyl (C=O) groups excluding carboxylic acids is 1. The second-order valence-corrected chi connectivity index (χ2v) is 7.50. The molecule has 0 aliphatic carbocycles.